The first-order valence-corrected chi connectivity index (χ1v) is 4.63. The van der Waals surface area contributed by atoms with Crippen LogP contribution in [0, 0.1) is 5.92 Å². The molecule has 1 aromatic rings. The third-order valence-electron chi connectivity index (χ3n) is 2.43. The van der Waals surface area contributed by atoms with Crippen LogP contribution in [0.1, 0.15) is 17.6 Å². The average Bonchev–Trinajstić information content (AvgIpc) is 2.71. The van der Waals surface area contributed by atoms with E-state index in [0.717, 1.165) is 26.1 Å². The lowest BCUT2D eigenvalue weighted by atomic mass is 9.99. The summed E-state index contributed by atoms with van der Waals surface area (Å²) in [5, 5.41) is 0. The molecule has 1 aliphatic heterocycles. The molecule has 70 valence electrons. The Kier molecular flexibility index (Phi) is 2.45. The molecule has 0 aliphatic carbocycles. The third kappa shape index (κ3) is 1.80. The van der Waals surface area contributed by atoms with Crippen molar-refractivity contribution in [1.82, 2.24) is 4.57 Å². The Bertz CT molecular complexity index is 273. The largest absolute Gasteiger partial charge is 0.381 e. The van der Waals surface area contributed by atoms with Gasteiger partial charge in [0.25, 0.3) is 0 Å². The standard InChI is InChI=1S/C10H13NO2/c12-10(11-5-1-2-6-11)9-3-7-13-8-4-9/h1-2,5-6,9H,3-4,7-8H2. The Morgan fingerprint density at radius 3 is 2.46 bits per heavy atom. The van der Waals surface area contributed by atoms with Gasteiger partial charge in [0.15, 0.2) is 0 Å². The summed E-state index contributed by atoms with van der Waals surface area (Å²) in [5.74, 6) is 0.356. The highest BCUT2D eigenvalue weighted by molar-refractivity contribution is 5.81. The van der Waals surface area contributed by atoms with E-state index in [4.69, 9.17) is 4.74 Å². The maximum atomic E-state index is 11.8. The van der Waals surface area contributed by atoms with E-state index in [9.17, 15) is 4.79 Å². The summed E-state index contributed by atoms with van der Waals surface area (Å²) in [5.41, 5.74) is 0. The third-order valence-corrected chi connectivity index (χ3v) is 2.43. The van der Waals surface area contributed by atoms with Crippen LogP contribution < -0.4 is 0 Å². The van der Waals surface area contributed by atoms with Gasteiger partial charge in [-0.1, -0.05) is 0 Å². The van der Waals surface area contributed by atoms with Gasteiger partial charge in [0, 0.05) is 31.5 Å². The molecule has 1 aliphatic rings. The molecule has 3 nitrogen and oxygen atoms in total. The lowest BCUT2D eigenvalue weighted by molar-refractivity contribution is 0.0487. The number of nitrogens with zero attached hydrogens (tertiary/aromatic N) is 1. The molecule has 13 heavy (non-hydrogen) atoms. The number of aromatic nitrogens is 1. The van der Waals surface area contributed by atoms with Crippen LogP contribution in [0.2, 0.25) is 0 Å². The van der Waals surface area contributed by atoms with Gasteiger partial charge in [0.1, 0.15) is 0 Å². The number of ether oxygens (including phenoxy) is 1. The Hall–Kier alpha value is -1.09. The molecule has 1 saturated heterocycles. The Morgan fingerprint density at radius 2 is 1.85 bits per heavy atom. The zero-order chi connectivity index (χ0) is 9.10. The predicted octanol–water partition coefficient (Wildman–Crippen LogP) is 1.55. The van der Waals surface area contributed by atoms with Crippen molar-refractivity contribution in [3.05, 3.63) is 24.5 Å². The van der Waals surface area contributed by atoms with E-state index in [2.05, 4.69) is 0 Å². The molecule has 0 bridgehead atoms. The fourth-order valence-electron chi connectivity index (χ4n) is 1.64. The normalized spacial score (nSPS) is 18.8. The Balaban J connectivity index is 2.04. The number of hydrogen-bond acceptors (Lipinski definition) is 2. The highest BCUT2D eigenvalue weighted by Crippen LogP contribution is 2.16. The maximum Gasteiger partial charge on any atom is 0.233 e. The van der Waals surface area contributed by atoms with Gasteiger partial charge in [-0.3, -0.25) is 9.36 Å². The monoisotopic (exact) mass is 179 g/mol. The molecule has 0 aromatic carbocycles. The quantitative estimate of drug-likeness (QED) is 0.655. The minimum absolute atomic E-state index is 0.154. The lowest BCUT2D eigenvalue weighted by Gasteiger charge is -2.20. The van der Waals surface area contributed by atoms with Crippen LogP contribution in [0.25, 0.3) is 0 Å². The lowest BCUT2D eigenvalue weighted by Crippen LogP contribution is -2.26. The van der Waals surface area contributed by atoms with Gasteiger partial charge in [0.05, 0.1) is 0 Å². The van der Waals surface area contributed by atoms with Crippen molar-refractivity contribution in [3.63, 3.8) is 0 Å². The summed E-state index contributed by atoms with van der Waals surface area (Å²) < 4.78 is 6.87. The van der Waals surface area contributed by atoms with Gasteiger partial charge < -0.3 is 4.74 Å². The van der Waals surface area contributed by atoms with Crippen molar-refractivity contribution in [2.75, 3.05) is 13.2 Å². The summed E-state index contributed by atoms with van der Waals surface area (Å²) in [6, 6.07) is 3.74. The number of carbonyl (C=O) groups excluding carboxylic acids is 1. The van der Waals surface area contributed by atoms with Crippen LogP contribution in [0.4, 0.5) is 0 Å². The van der Waals surface area contributed by atoms with Gasteiger partial charge in [-0.15, -0.1) is 0 Å². The Labute approximate surface area is 77.3 Å². The zero-order valence-electron chi connectivity index (χ0n) is 7.48. The second-order valence-corrected chi connectivity index (χ2v) is 3.32. The predicted molar refractivity (Wildman–Crippen MR) is 48.6 cm³/mol. The molecule has 2 heterocycles. The fraction of sp³-hybridized carbons (Fsp3) is 0.500. The molecule has 0 unspecified atom stereocenters. The van der Waals surface area contributed by atoms with Gasteiger partial charge in [-0.05, 0) is 25.0 Å². The number of rotatable bonds is 1. The van der Waals surface area contributed by atoms with Crippen molar-refractivity contribution in [2.45, 2.75) is 12.8 Å². The van der Waals surface area contributed by atoms with Crippen molar-refractivity contribution >= 4 is 5.91 Å². The molecule has 0 N–H and O–H groups in total. The zero-order valence-corrected chi connectivity index (χ0v) is 7.48. The van der Waals surface area contributed by atoms with Crippen molar-refractivity contribution in [2.24, 2.45) is 5.92 Å². The number of hydrogen-bond donors (Lipinski definition) is 0. The number of carbonyl (C=O) groups is 1. The summed E-state index contributed by atoms with van der Waals surface area (Å²) in [4.78, 5) is 11.8. The molecule has 3 heteroatoms. The molecule has 0 spiro atoms. The van der Waals surface area contributed by atoms with Gasteiger partial charge >= 0.3 is 0 Å². The molecular weight excluding hydrogens is 166 g/mol. The van der Waals surface area contributed by atoms with Gasteiger partial charge in [-0.2, -0.15) is 0 Å². The molecule has 0 amide bonds. The minimum atomic E-state index is 0.154. The molecule has 0 radical (unpaired) electrons. The van der Waals surface area contributed by atoms with E-state index in [1.165, 1.54) is 0 Å². The van der Waals surface area contributed by atoms with E-state index in [1.807, 2.05) is 12.1 Å². The van der Waals surface area contributed by atoms with E-state index in [1.54, 1.807) is 17.0 Å². The van der Waals surface area contributed by atoms with E-state index in [-0.39, 0.29) is 11.8 Å². The molecule has 0 atom stereocenters. The fourth-order valence-corrected chi connectivity index (χ4v) is 1.64. The van der Waals surface area contributed by atoms with Crippen LogP contribution in [-0.2, 0) is 4.74 Å². The molecule has 1 aromatic heterocycles. The summed E-state index contributed by atoms with van der Waals surface area (Å²) in [6.45, 7) is 1.44. The van der Waals surface area contributed by atoms with Crippen LogP contribution >= 0.6 is 0 Å². The van der Waals surface area contributed by atoms with Crippen LogP contribution in [-0.4, -0.2) is 23.7 Å². The Morgan fingerprint density at radius 1 is 1.23 bits per heavy atom. The highest BCUT2D eigenvalue weighted by Gasteiger charge is 2.21. The van der Waals surface area contributed by atoms with E-state index >= 15 is 0 Å². The molecule has 1 fully saturated rings. The highest BCUT2D eigenvalue weighted by atomic mass is 16.5. The van der Waals surface area contributed by atoms with Crippen LogP contribution in [0.3, 0.4) is 0 Å². The van der Waals surface area contributed by atoms with Gasteiger partial charge in [0.2, 0.25) is 5.91 Å². The van der Waals surface area contributed by atoms with E-state index in [0.29, 0.717) is 0 Å². The second kappa shape index (κ2) is 3.75. The first kappa shape index (κ1) is 8.51. The molecule has 0 saturated carbocycles. The second-order valence-electron chi connectivity index (χ2n) is 3.32. The average molecular weight is 179 g/mol. The van der Waals surface area contributed by atoms with Crippen molar-refractivity contribution in [3.8, 4) is 0 Å². The summed E-state index contributed by atoms with van der Waals surface area (Å²) in [6.07, 6.45) is 5.32. The summed E-state index contributed by atoms with van der Waals surface area (Å²) >= 11 is 0. The topological polar surface area (TPSA) is 31.2 Å². The maximum absolute atomic E-state index is 11.8. The van der Waals surface area contributed by atoms with E-state index < -0.39 is 0 Å². The van der Waals surface area contributed by atoms with Crippen molar-refractivity contribution < 1.29 is 9.53 Å². The molecule has 2 rings (SSSR count). The minimum Gasteiger partial charge on any atom is -0.381 e. The van der Waals surface area contributed by atoms with Crippen molar-refractivity contribution in [1.29, 1.82) is 0 Å². The first-order valence-electron chi connectivity index (χ1n) is 4.63. The molecular formula is C10H13NO2. The van der Waals surface area contributed by atoms with Gasteiger partial charge in [-0.25, -0.2) is 0 Å². The SMILES string of the molecule is O=C(C1CCOCC1)n1cccc1. The summed E-state index contributed by atoms with van der Waals surface area (Å²) in [7, 11) is 0. The smallest absolute Gasteiger partial charge is 0.233 e. The first-order chi connectivity index (χ1) is 6.38. The van der Waals surface area contributed by atoms with Crippen LogP contribution in [0.5, 0.6) is 0 Å². The van der Waals surface area contributed by atoms with Crippen LogP contribution in [0.15, 0.2) is 24.5 Å².